The van der Waals surface area contributed by atoms with Crippen LogP contribution < -0.4 is 10.6 Å². The van der Waals surface area contributed by atoms with Crippen molar-refractivity contribution in [3.63, 3.8) is 0 Å². The molecule has 0 spiro atoms. The molecule has 0 saturated heterocycles. The highest BCUT2D eigenvalue weighted by Gasteiger charge is 2.59. The summed E-state index contributed by atoms with van der Waals surface area (Å²) in [4.78, 5) is 0. The first-order valence-electron chi connectivity index (χ1n) is 15.1. The van der Waals surface area contributed by atoms with Crippen molar-refractivity contribution in [2.75, 3.05) is 26.2 Å². The zero-order valence-electron chi connectivity index (χ0n) is 24.6. The molecular weight excluding hydrogens is 448 g/mol. The number of hydrogen-bond acceptors (Lipinski definition) is 2. The van der Waals surface area contributed by atoms with E-state index < -0.39 is 0 Å². The summed E-state index contributed by atoms with van der Waals surface area (Å²) in [5.74, 6) is 16.8. The van der Waals surface area contributed by atoms with E-state index in [0.29, 0.717) is 11.3 Å². The SMILES string of the molecule is CC(C)(C)C#CC1=CCC(CNCC2CC3CCC32CCNCC2CC=C(C#CC(C)(C)C)CC2)C=C1. The van der Waals surface area contributed by atoms with Crippen molar-refractivity contribution in [3.05, 3.63) is 35.5 Å². The average molecular weight is 501 g/mol. The van der Waals surface area contributed by atoms with Gasteiger partial charge in [-0.05, 0) is 147 Å². The smallest absolute Gasteiger partial charge is 0.0234 e. The lowest BCUT2D eigenvalue weighted by Gasteiger charge is -2.65. The maximum Gasteiger partial charge on any atom is 0.0234 e. The highest BCUT2D eigenvalue weighted by molar-refractivity contribution is 5.41. The van der Waals surface area contributed by atoms with Gasteiger partial charge in [0.05, 0.1) is 0 Å². The summed E-state index contributed by atoms with van der Waals surface area (Å²) in [6.07, 6.45) is 19.8. The fourth-order valence-corrected chi connectivity index (χ4v) is 6.54. The van der Waals surface area contributed by atoms with Gasteiger partial charge in [-0.15, -0.1) is 0 Å². The first-order chi connectivity index (χ1) is 17.5. The van der Waals surface area contributed by atoms with Crippen molar-refractivity contribution in [1.82, 2.24) is 10.6 Å². The van der Waals surface area contributed by atoms with Crippen molar-refractivity contribution in [2.45, 2.75) is 92.9 Å². The topological polar surface area (TPSA) is 24.1 Å². The Bertz CT molecular complexity index is 1010. The molecular formula is C35H52N2. The van der Waals surface area contributed by atoms with Gasteiger partial charge in [-0.25, -0.2) is 0 Å². The Hall–Kier alpha value is -1.74. The quantitative estimate of drug-likeness (QED) is 0.256. The fraction of sp³-hybridized carbons (Fsp3) is 0.714. The van der Waals surface area contributed by atoms with E-state index in [1.165, 1.54) is 69.3 Å². The Labute approximate surface area is 228 Å². The molecule has 37 heavy (non-hydrogen) atoms. The third-order valence-electron chi connectivity index (χ3n) is 9.04. The number of allylic oxidation sites excluding steroid dienone is 5. The van der Waals surface area contributed by atoms with Gasteiger partial charge in [0, 0.05) is 22.9 Å². The maximum absolute atomic E-state index is 3.85. The molecule has 0 aliphatic heterocycles. The summed E-state index contributed by atoms with van der Waals surface area (Å²) < 4.78 is 0. The molecule has 2 fully saturated rings. The standard InChI is InChI=1S/C35H52N2/c1-33(2,3)18-15-27-7-11-29(12-8-27)24-36-22-21-35-20-17-31(35)23-32(35)26-37-25-30-13-9-28(10-14-30)16-19-34(4,5)6/h7,9-10,13,29-32,36-37H,8,11-12,14,17,20-26H2,1-6H3. The minimum absolute atomic E-state index is 0.0688. The van der Waals surface area contributed by atoms with Gasteiger partial charge in [-0.3, -0.25) is 0 Å². The van der Waals surface area contributed by atoms with Crippen LogP contribution in [-0.4, -0.2) is 26.2 Å². The Morgan fingerprint density at radius 2 is 1.68 bits per heavy atom. The van der Waals surface area contributed by atoms with Gasteiger partial charge in [0.2, 0.25) is 0 Å². The highest BCUT2D eigenvalue weighted by Crippen LogP contribution is 2.66. The van der Waals surface area contributed by atoms with Crippen LogP contribution in [0.15, 0.2) is 35.5 Å². The molecule has 5 atom stereocenters. The van der Waals surface area contributed by atoms with Crippen LogP contribution in [-0.2, 0) is 0 Å². The van der Waals surface area contributed by atoms with Crippen LogP contribution in [0.5, 0.6) is 0 Å². The average Bonchev–Trinajstić information content (AvgIpc) is 2.84. The predicted octanol–water partition coefficient (Wildman–Crippen LogP) is 7.30. The summed E-state index contributed by atoms with van der Waals surface area (Å²) in [5.41, 5.74) is 3.36. The zero-order valence-corrected chi connectivity index (χ0v) is 24.6. The van der Waals surface area contributed by atoms with Gasteiger partial charge in [-0.1, -0.05) is 48.0 Å². The molecule has 4 aliphatic rings. The molecule has 2 N–H and O–H groups in total. The van der Waals surface area contributed by atoms with E-state index in [1.807, 2.05) is 0 Å². The summed E-state index contributed by atoms with van der Waals surface area (Å²) in [6.45, 7) is 17.7. The summed E-state index contributed by atoms with van der Waals surface area (Å²) in [7, 11) is 0. The van der Waals surface area contributed by atoms with E-state index in [2.05, 4.69) is 100 Å². The van der Waals surface area contributed by atoms with Crippen LogP contribution in [0.3, 0.4) is 0 Å². The molecule has 4 rings (SSSR count). The van der Waals surface area contributed by atoms with Crippen molar-refractivity contribution >= 4 is 0 Å². The molecule has 0 heterocycles. The van der Waals surface area contributed by atoms with Crippen LogP contribution in [0.2, 0.25) is 0 Å². The van der Waals surface area contributed by atoms with E-state index in [4.69, 9.17) is 0 Å². The minimum Gasteiger partial charge on any atom is -0.316 e. The normalized spacial score (nSPS) is 30.9. The van der Waals surface area contributed by atoms with Gasteiger partial charge < -0.3 is 10.6 Å². The number of nitrogens with one attached hydrogen (secondary N) is 2. The van der Waals surface area contributed by atoms with E-state index in [1.54, 1.807) is 0 Å². The molecule has 0 radical (unpaired) electrons. The van der Waals surface area contributed by atoms with Crippen LogP contribution in [0.4, 0.5) is 0 Å². The molecule has 0 aromatic heterocycles. The second-order valence-electron chi connectivity index (χ2n) is 14.4. The summed E-state index contributed by atoms with van der Waals surface area (Å²) in [5, 5.41) is 7.69. The van der Waals surface area contributed by atoms with Gasteiger partial charge >= 0.3 is 0 Å². The molecule has 4 aliphatic carbocycles. The Kier molecular flexibility index (Phi) is 9.15. The van der Waals surface area contributed by atoms with Crippen LogP contribution in [0.1, 0.15) is 92.9 Å². The van der Waals surface area contributed by atoms with Gasteiger partial charge in [0.25, 0.3) is 0 Å². The Morgan fingerprint density at radius 1 is 0.892 bits per heavy atom. The number of fused-ring (bicyclic) bond motifs is 1. The molecule has 0 bridgehead atoms. The van der Waals surface area contributed by atoms with E-state index >= 15 is 0 Å². The van der Waals surface area contributed by atoms with E-state index in [9.17, 15) is 0 Å². The molecule has 5 unspecified atom stereocenters. The molecule has 0 aromatic rings. The third-order valence-corrected chi connectivity index (χ3v) is 9.04. The van der Waals surface area contributed by atoms with Crippen LogP contribution in [0, 0.1) is 63.6 Å². The summed E-state index contributed by atoms with van der Waals surface area (Å²) in [6, 6.07) is 0. The largest absolute Gasteiger partial charge is 0.316 e. The van der Waals surface area contributed by atoms with Crippen molar-refractivity contribution in [2.24, 2.45) is 39.9 Å². The maximum atomic E-state index is 3.85. The number of rotatable bonds is 9. The van der Waals surface area contributed by atoms with Gasteiger partial charge in [-0.2, -0.15) is 0 Å². The van der Waals surface area contributed by atoms with E-state index in [-0.39, 0.29) is 10.8 Å². The lowest BCUT2D eigenvalue weighted by molar-refractivity contribution is -0.145. The summed E-state index contributed by atoms with van der Waals surface area (Å²) >= 11 is 0. The Morgan fingerprint density at radius 3 is 2.27 bits per heavy atom. The number of hydrogen-bond donors (Lipinski definition) is 2. The predicted molar refractivity (Wildman–Crippen MR) is 159 cm³/mol. The third kappa shape index (κ3) is 8.12. The molecule has 2 nitrogen and oxygen atoms in total. The van der Waals surface area contributed by atoms with Gasteiger partial charge in [0.15, 0.2) is 0 Å². The van der Waals surface area contributed by atoms with Crippen LogP contribution in [0.25, 0.3) is 0 Å². The lowest BCUT2D eigenvalue weighted by atomic mass is 9.41. The van der Waals surface area contributed by atoms with Crippen molar-refractivity contribution < 1.29 is 0 Å². The molecule has 2 heteroatoms. The monoisotopic (exact) mass is 500 g/mol. The molecule has 0 amide bonds. The van der Waals surface area contributed by atoms with E-state index in [0.717, 1.165) is 37.1 Å². The molecule has 2 saturated carbocycles. The second-order valence-corrected chi connectivity index (χ2v) is 14.4. The first-order valence-corrected chi connectivity index (χ1v) is 15.1. The first kappa shape index (κ1) is 28.3. The second kappa shape index (κ2) is 12.0. The van der Waals surface area contributed by atoms with Crippen molar-refractivity contribution in [1.29, 1.82) is 0 Å². The zero-order chi connectivity index (χ0) is 26.5. The lowest BCUT2D eigenvalue weighted by Crippen LogP contribution is -2.60. The molecule has 202 valence electrons. The Balaban J connectivity index is 1.12. The molecule has 0 aromatic carbocycles. The fourth-order valence-electron chi connectivity index (χ4n) is 6.54. The minimum atomic E-state index is 0.0688. The van der Waals surface area contributed by atoms with Crippen LogP contribution >= 0.6 is 0 Å². The highest BCUT2D eigenvalue weighted by atomic mass is 14.9. The van der Waals surface area contributed by atoms with Gasteiger partial charge in [0.1, 0.15) is 0 Å². The van der Waals surface area contributed by atoms with Crippen molar-refractivity contribution in [3.8, 4) is 23.7 Å².